The van der Waals surface area contributed by atoms with E-state index in [2.05, 4.69) is 0 Å². The van der Waals surface area contributed by atoms with Crippen LogP contribution in [-0.2, 0) is 0 Å². The lowest BCUT2D eigenvalue weighted by atomic mass is 9.98. The molecule has 2 fully saturated rings. The SMILES string of the molecule is NC1CCC2CN(C(=O)c3ccco3)CC12. The Labute approximate surface area is 94.4 Å². The Balaban J connectivity index is 1.73. The second kappa shape index (κ2) is 3.63. The molecule has 1 amide bonds. The summed E-state index contributed by atoms with van der Waals surface area (Å²) in [5.74, 6) is 1.55. The van der Waals surface area contributed by atoms with Crippen molar-refractivity contribution < 1.29 is 9.21 Å². The smallest absolute Gasteiger partial charge is 0.289 e. The van der Waals surface area contributed by atoms with Crippen molar-refractivity contribution in [2.75, 3.05) is 13.1 Å². The molecule has 3 atom stereocenters. The lowest BCUT2D eigenvalue weighted by Gasteiger charge is -2.17. The number of nitrogens with two attached hydrogens (primary N) is 1. The Morgan fingerprint density at radius 3 is 3.00 bits per heavy atom. The Hall–Kier alpha value is -1.29. The zero-order valence-corrected chi connectivity index (χ0v) is 9.13. The second-order valence-corrected chi connectivity index (χ2v) is 4.85. The molecule has 1 aliphatic heterocycles. The van der Waals surface area contributed by atoms with Gasteiger partial charge in [-0.1, -0.05) is 0 Å². The van der Waals surface area contributed by atoms with E-state index in [-0.39, 0.29) is 11.9 Å². The summed E-state index contributed by atoms with van der Waals surface area (Å²) >= 11 is 0. The second-order valence-electron chi connectivity index (χ2n) is 4.85. The highest BCUT2D eigenvalue weighted by molar-refractivity contribution is 5.91. The summed E-state index contributed by atoms with van der Waals surface area (Å²) in [5.41, 5.74) is 6.04. The quantitative estimate of drug-likeness (QED) is 0.770. The number of rotatable bonds is 1. The molecule has 0 radical (unpaired) electrons. The number of carbonyl (C=O) groups excluding carboxylic acids is 1. The molecule has 3 rings (SSSR count). The Morgan fingerprint density at radius 2 is 2.31 bits per heavy atom. The monoisotopic (exact) mass is 220 g/mol. The number of hydrogen-bond acceptors (Lipinski definition) is 3. The van der Waals surface area contributed by atoms with E-state index < -0.39 is 0 Å². The van der Waals surface area contributed by atoms with E-state index in [4.69, 9.17) is 10.2 Å². The van der Waals surface area contributed by atoms with Crippen molar-refractivity contribution in [3.63, 3.8) is 0 Å². The summed E-state index contributed by atoms with van der Waals surface area (Å²) in [5, 5.41) is 0. The number of fused-ring (bicyclic) bond motifs is 1. The van der Waals surface area contributed by atoms with Crippen LogP contribution in [-0.4, -0.2) is 29.9 Å². The van der Waals surface area contributed by atoms with Crippen LogP contribution in [0.5, 0.6) is 0 Å². The fourth-order valence-electron chi connectivity index (χ4n) is 3.03. The third-order valence-electron chi connectivity index (χ3n) is 3.93. The molecular weight excluding hydrogens is 204 g/mol. The maximum Gasteiger partial charge on any atom is 0.289 e. The summed E-state index contributed by atoms with van der Waals surface area (Å²) in [4.78, 5) is 13.9. The average molecular weight is 220 g/mol. The van der Waals surface area contributed by atoms with Gasteiger partial charge in [0.05, 0.1) is 6.26 Å². The van der Waals surface area contributed by atoms with E-state index >= 15 is 0 Å². The number of likely N-dealkylation sites (tertiary alicyclic amines) is 1. The molecule has 1 aromatic rings. The zero-order valence-electron chi connectivity index (χ0n) is 9.13. The number of hydrogen-bond donors (Lipinski definition) is 1. The first kappa shape index (κ1) is 9.90. The molecule has 16 heavy (non-hydrogen) atoms. The van der Waals surface area contributed by atoms with Gasteiger partial charge in [-0.3, -0.25) is 4.79 Å². The molecule has 2 heterocycles. The molecule has 4 nitrogen and oxygen atoms in total. The van der Waals surface area contributed by atoms with Crippen molar-refractivity contribution >= 4 is 5.91 Å². The third kappa shape index (κ3) is 1.45. The molecule has 1 aromatic heterocycles. The van der Waals surface area contributed by atoms with E-state index in [0.29, 0.717) is 17.6 Å². The van der Waals surface area contributed by atoms with E-state index in [0.717, 1.165) is 25.9 Å². The molecule has 1 aliphatic carbocycles. The molecule has 2 aliphatic rings. The molecule has 1 saturated heterocycles. The van der Waals surface area contributed by atoms with Crippen LogP contribution in [0.25, 0.3) is 0 Å². The summed E-state index contributed by atoms with van der Waals surface area (Å²) in [6, 6.07) is 3.74. The first-order valence-electron chi connectivity index (χ1n) is 5.84. The summed E-state index contributed by atoms with van der Waals surface area (Å²) < 4.78 is 5.13. The molecule has 4 heteroatoms. The first-order chi connectivity index (χ1) is 7.75. The van der Waals surface area contributed by atoms with Crippen molar-refractivity contribution in [3.05, 3.63) is 24.2 Å². The van der Waals surface area contributed by atoms with Gasteiger partial charge in [0.1, 0.15) is 0 Å². The van der Waals surface area contributed by atoms with Gasteiger partial charge in [0.15, 0.2) is 5.76 Å². The van der Waals surface area contributed by atoms with Crippen LogP contribution in [0.1, 0.15) is 23.4 Å². The Bertz CT molecular complexity index is 388. The van der Waals surface area contributed by atoms with Gasteiger partial charge < -0.3 is 15.1 Å². The van der Waals surface area contributed by atoms with Gasteiger partial charge >= 0.3 is 0 Å². The van der Waals surface area contributed by atoms with Gasteiger partial charge in [-0.05, 0) is 36.8 Å². The summed E-state index contributed by atoms with van der Waals surface area (Å²) in [6.07, 6.45) is 3.81. The standard InChI is InChI=1S/C12H16N2O2/c13-10-4-3-8-6-14(7-9(8)10)12(15)11-2-1-5-16-11/h1-2,5,8-10H,3-4,6-7,13H2. The van der Waals surface area contributed by atoms with Crippen LogP contribution in [0.4, 0.5) is 0 Å². The van der Waals surface area contributed by atoms with Crippen molar-refractivity contribution in [2.45, 2.75) is 18.9 Å². The minimum Gasteiger partial charge on any atom is -0.459 e. The Morgan fingerprint density at radius 1 is 1.44 bits per heavy atom. The lowest BCUT2D eigenvalue weighted by Crippen LogP contribution is -2.33. The molecular formula is C12H16N2O2. The van der Waals surface area contributed by atoms with E-state index in [1.54, 1.807) is 12.1 Å². The Kier molecular flexibility index (Phi) is 2.24. The maximum absolute atomic E-state index is 12.0. The highest BCUT2D eigenvalue weighted by atomic mass is 16.3. The maximum atomic E-state index is 12.0. The predicted molar refractivity (Wildman–Crippen MR) is 58.8 cm³/mol. The topological polar surface area (TPSA) is 59.5 Å². The fraction of sp³-hybridized carbons (Fsp3) is 0.583. The third-order valence-corrected chi connectivity index (χ3v) is 3.93. The van der Waals surface area contributed by atoms with Crippen molar-refractivity contribution in [1.29, 1.82) is 0 Å². The van der Waals surface area contributed by atoms with Crippen molar-refractivity contribution in [2.24, 2.45) is 17.6 Å². The lowest BCUT2D eigenvalue weighted by molar-refractivity contribution is 0.0748. The largest absolute Gasteiger partial charge is 0.459 e. The molecule has 0 bridgehead atoms. The molecule has 2 N–H and O–H groups in total. The molecule has 0 aromatic carbocycles. The highest BCUT2D eigenvalue weighted by Crippen LogP contribution is 2.37. The average Bonchev–Trinajstić information content (AvgIpc) is 2.96. The van der Waals surface area contributed by atoms with Crippen molar-refractivity contribution in [1.82, 2.24) is 4.90 Å². The molecule has 86 valence electrons. The number of nitrogens with zero attached hydrogens (tertiary/aromatic N) is 1. The van der Waals surface area contributed by atoms with Crippen LogP contribution >= 0.6 is 0 Å². The van der Waals surface area contributed by atoms with E-state index in [1.807, 2.05) is 4.90 Å². The molecule has 3 unspecified atom stereocenters. The first-order valence-corrected chi connectivity index (χ1v) is 5.84. The van der Waals surface area contributed by atoms with Gasteiger partial charge in [0, 0.05) is 19.1 Å². The summed E-state index contributed by atoms with van der Waals surface area (Å²) in [6.45, 7) is 1.64. The normalized spacial score (nSPS) is 33.1. The summed E-state index contributed by atoms with van der Waals surface area (Å²) in [7, 11) is 0. The number of carbonyl (C=O) groups is 1. The minimum absolute atomic E-state index is 0.00611. The predicted octanol–water partition coefficient (Wildman–Crippen LogP) is 1.09. The minimum atomic E-state index is 0.00611. The zero-order chi connectivity index (χ0) is 11.1. The van der Waals surface area contributed by atoms with Gasteiger partial charge in [-0.2, -0.15) is 0 Å². The van der Waals surface area contributed by atoms with E-state index in [1.165, 1.54) is 6.26 Å². The number of furan rings is 1. The van der Waals surface area contributed by atoms with Crippen LogP contribution in [0, 0.1) is 11.8 Å². The van der Waals surface area contributed by atoms with Crippen LogP contribution in [0.3, 0.4) is 0 Å². The van der Waals surface area contributed by atoms with Crippen molar-refractivity contribution in [3.8, 4) is 0 Å². The fourth-order valence-corrected chi connectivity index (χ4v) is 3.03. The van der Waals surface area contributed by atoms with Crippen LogP contribution in [0.15, 0.2) is 22.8 Å². The van der Waals surface area contributed by atoms with Gasteiger partial charge in [0.25, 0.3) is 5.91 Å². The van der Waals surface area contributed by atoms with Gasteiger partial charge in [-0.15, -0.1) is 0 Å². The van der Waals surface area contributed by atoms with Gasteiger partial charge in [0.2, 0.25) is 0 Å². The molecule has 1 saturated carbocycles. The number of amides is 1. The molecule has 0 spiro atoms. The van der Waals surface area contributed by atoms with Gasteiger partial charge in [-0.25, -0.2) is 0 Å². The van der Waals surface area contributed by atoms with E-state index in [9.17, 15) is 4.79 Å². The highest BCUT2D eigenvalue weighted by Gasteiger charge is 2.42. The van der Waals surface area contributed by atoms with Crippen LogP contribution in [0.2, 0.25) is 0 Å². The van der Waals surface area contributed by atoms with Crippen LogP contribution < -0.4 is 5.73 Å².